The molecule has 3 heterocycles. The Hall–Kier alpha value is -1.20. The van der Waals surface area contributed by atoms with Gasteiger partial charge < -0.3 is 15.2 Å². The molecule has 1 atom stereocenters. The minimum atomic E-state index is 0. The summed E-state index contributed by atoms with van der Waals surface area (Å²) in [7, 11) is 1.80. The van der Waals surface area contributed by atoms with Gasteiger partial charge in [0.1, 0.15) is 6.33 Å². The van der Waals surface area contributed by atoms with Crippen molar-refractivity contribution in [3.8, 4) is 0 Å². The smallest absolute Gasteiger partial charge is 0.191 e. The second-order valence-electron chi connectivity index (χ2n) is 6.11. The van der Waals surface area contributed by atoms with E-state index in [2.05, 4.69) is 55.2 Å². The van der Waals surface area contributed by atoms with Gasteiger partial charge in [0.2, 0.25) is 0 Å². The molecule has 1 aliphatic rings. The van der Waals surface area contributed by atoms with Crippen LogP contribution in [0.1, 0.15) is 36.5 Å². The van der Waals surface area contributed by atoms with Crippen LogP contribution in [0.2, 0.25) is 0 Å². The third kappa shape index (κ3) is 5.40. The minimum absolute atomic E-state index is 0. The molecule has 2 aromatic heterocycles. The average Bonchev–Trinajstić information content (AvgIpc) is 3.40. The van der Waals surface area contributed by atoms with E-state index in [0.29, 0.717) is 12.6 Å². The van der Waals surface area contributed by atoms with Crippen molar-refractivity contribution >= 4 is 41.3 Å². The molecular formula is C17H28IN7S. The zero-order chi connectivity index (χ0) is 17.5. The molecule has 0 bridgehead atoms. The molecule has 0 spiro atoms. The molecular weight excluding hydrogens is 461 g/mol. The molecule has 1 fully saturated rings. The van der Waals surface area contributed by atoms with Crippen molar-refractivity contribution in [3.05, 3.63) is 34.5 Å². The largest absolute Gasteiger partial charge is 0.354 e. The monoisotopic (exact) mass is 489 g/mol. The highest BCUT2D eigenvalue weighted by Gasteiger charge is 2.24. The number of nitrogens with zero attached hydrogens (tertiary/aromatic N) is 5. The molecule has 0 aliphatic carbocycles. The second kappa shape index (κ2) is 10.8. The number of aromatic nitrogens is 3. The van der Waals surface area contributed by atoms with Gasteiger partial charge in [-0.05, 0) is 44.3 Å². The fourth-order valence-electron chi connectivity index (χ4n) is 3.20. The summed E-state index contributed by atoms with van der Waals surface area (Å²) >= 11 is 1.83. The van der Waals surface area contributed by atoms with Crippen molar-refractivity contribution < 1.29 is 0 Å². The summed E-state index contributed by atoms with van der Waals surface area (Å²) in [4.78, 5) is 8.33. The lowest BCUT2D eigenvalue weighted by Crippen LogP contribution is -2.42. The number of aryl methyl sites for hydroxylation is 1. The zero-order valence-corrected chi connectivity index (χ0v) is 18.5. The zero-order valence-electron chi connectivity index (χ0n) is 15.4. The van der Waals surface area contributed by atoms with Crippen LogP contribution in [0.4, 0.5) is 0 Å². The van der Waals surface area contributed by atoms with E-state index >= 15 is 0 Å². The van der Waals surface area contributed by atoms with Gasteiger partial charge in [-0.2, -0.15) is 0 Å². The first-order valence-corrected chi connectivity index (χ1v) is 9.78. The number of likely N-dealkylation sites (tertiary alicyclic amines) is 1. The lowest BCUT2D eigenvalue weighted by atomic mass is 10.2. The molecule has 3 rings (SSSR count). The van der Waals surface area contributed by atoms with E-state index in [1.165, 1.54) is 30.8 Å². The fourth-order valence-corrected chi connectivity index (χ4v) is 4.06. The van der Waals surface area contributed by atoms with Crippen molar-refractivity contribution in [1.82, 2.24) is 30.3 Å². The maximum atomic E-state index is 4.34. The van der Waals surface area contributed by atoms with Crippen LogP contribution in [0.25, 0.3) is 0 Å². The molecule has 1 unspecified atom stereocenters. The Morgan fingerprint density at radius 2 is 2.15 bits per heavy atom. The summed E-state index contributed by atoms with van der Waals surface area (Å²) in [6, 6.07) is 4.77. The SMILES string of the molecule is CCn1cnnc1CNC(=NC)NCC(c1cccs1)N1CCCC1.I. The summed E-state index contributed by atoms with van der Waals surface area (Å²) in [6.07, 6.45) is 4.34. The first kappa shape index (κ1) is 21.1. The van der Waals surface area contributed by atoms with Crippen molar-refractivity contribution in [2.75, 3.05) is 26.7 Å². The van der Waals surface area contributed by atoms with Gasteiger partial charge in [-0.15, -0.1) is 45.5 Å². The Labute approximate surface area is 176 Å². The fraction of sp³-hybridized carbons (Fsp3) is 0.588. The van der Waals surface area contributed by atoms with Crippen LogP contribution in [-0.4, -0.2) is 52.3 Å². The highest BCUT2D eigenvalue weighted by molar-refractivity contribution is 14.0. The van der Waals surface area contributed by atoms with Crippen LogP contribution in [0.3, 0.4) is 0 Å². The average molecular weight is 489 g/mol. The lowest BCUT2D eigenvalue weighted by Gasteiger charge is -2.27. The molecule has 144 valence electrons. The summed E-state index contributed by atoms with van der Waals surface area (Å²) in [5, 5.41) is 17.1. The van der Waals surface area contributed by atoms with Gasteiger partial charge in [0, 0.05) is 25.0 Å². The summed E-state index contributed by atoms with van der Waals surface area (Å²) in [5.41, 5.74) is 0. The maximum Gasteiger partial charge on any atom is 0.191 e. The first-order valence-electron chi connectivity index (χ1n) is 8.90. The Balaban J connectivity index is 0.00000243. The van der Waals surface area contributed by atoms with Crippen molar-refractivity contribution in [2.45, 2.75) is 38.9 Å². The highest BCUT2D eigenvalue weighted by Crippen LogP contribution is 2.27. The highest BCUT2D eigenvalue weighted by atomic mass is 127. The molecule has 0 radical (unpaired) electrons. The van der Waals surface area contributed by atoms with Gasteiger partial charge in [0.15, 0.2) is 11.8 Å². The summed E-state index contributed by atoms with van der Waals surface area (Å²) < 4.78 is 2.03. The molecule has 1 saturated heterocycles. The predicted molar refractivity (Wildman–Crippen MR) is 117 cm³/mol. The van der Waals surface area contributed by atoms with Gasteiger partial charge in [-0.1, -0.05) is 6.07 Å². The molecule has 2 N–H and O–H groups in total. The van der Waals surface area contributed by atoms with E-state index in [1.54, 1.807) is 13.4 Å². The topological polar surface area (TPSA) is 70.4 Å². The lowest BCUT2D eigenvalue weighted by molar-refractivity contribution is 0.249. The molecule has 9 heteroatoms. The molecule has 0 saturated carbocycles. The number of aliphatic imine (C=N–C) groups is 1. The van der Waals surface area contributed by atoms with E-state index in [9.17, 15) is 0 Å². The molecule has 0 amide bonds. The number of hydrogen-bond acceptors (Lipinski definition) is 5. The second-order valence-corrected chi connectivity index (χ2v) is 7.09. The summed E-state index contributed by atoms with van der Waals surface area (Å²) in [5.74, 6) is 1.71. The molecule has 0 aromatic carbocycles. The first-order chi connectivity index (χ1) is 12.3. The quantitative estimate of drug-likeness (QED) is 0.356. The van der Waals surface area contributed by atoms with Gasteiger partial charge in [-0.3, -0.25) is 9.89 Å². The van der Waals surface area contributed by atoms with E-state index in [1.807, 2.05) is 15.9 Å². The van der Waals surface area contributed by atoms with Crippen LogP contribution in [0.5, 0.6) is 0 Å². The number of guanidine groups is 1. The standard InChI is InChI=1S/C17H27N7S.HI/c1-3-23-13-21-22-16(23)12-20-17(18-2)19-11-14(15-7-6-10-25-15)24-8-4-5-9-24;/h6-7,10,13-14H,3-5,8-9,11-12H2,1-2H3,(H2,18,19,20);1H. The maximum absolute atomic E-state index is 4.34. The van der Waals surface area contributed by atoms with Crippen molar-refractivity contribution in [2.24, 2.45) is 4.99 Å². The Kier molecular flexibility index (Phi) is 8.79. The van der Waals surface area contributed by atoms with E-state index in [-0.39, 0.29) is 24.0 Å². The van der Waals surface area contributed by atoms with Crippen molar-refractivity contribution in [3.63, 3.8) is 0 Å². The Bertz CT molecular complexity index is 664. The minimum Gasteiger partial charge on any atom is -0.354 e. The molecule has 7 nitrogen and oxygen atoms in total. The third-order valence-corrected chi connectivity index (χ3v) is 5.56. The number of halogens is 1. The number of thiophene rings is 1. The van der Waals surface area contributed by atoms with E-state index in [0.717, 1.165) is 24.9 Å². The van der Waals surface area contributed by atoms with Gasteiger partial charge in [0.05, 0.1) is 12.6 Å². The molecule has 26 heavy (non-hydrogen) atoms. The molecule has 2 aromatic rings. The van der Waals surface area contributed by atoms with E-state index < -0.39 is 0 Å². The van der Waals surface area contributed by atoms with Crippen LogP contribution in [0.15, 0.2) is 28.8 Å². The van der Waals surface area contributed by atoms with Crippen LogP contribution >= 0.6 is 35.3 Å². The van der Waals surface area contributed by atoms with Crippen LogP contribution < -0.4 is 10.6 Å². The van der Waals surface area contributed by atoms with Crippen molar-refractivity contribution in [1.29, 1.82) is 0 Å². The van der Waals surface area contributed by atoms with Gasteiger partial charge in [-0.25, -0.2) is 0 Å². The normalized spacial score (nSPS) is 16.3. The van der Waals surface area contributed by atoms with Crippen LogP contribution in [0, 0.1) is 0 Å². The summed E-state index contributed by atoms with van der Waals surface area (Å²) in [6.45, 7) is 6.76. The Morgan fingerprint density at radius 3 is 2.81 bits per heavy atom. The number of hydrogen-bond donors (Lipinski definition) is 2. The van der Waals surface area contributed by atoms with Crippen LogP contribution in [-0.2, 0) is 13.1 Å². The Morgan fingerprint density at radius 1 is 1.35 bits per heavy atom. The van der Waals surface area contributed by atoms with Gasteiger partial charge >= 0.3 is 0 Å². The number of rotatable bonds is 7. The van der Waals surface area contributed by atoms with E-state index in [4.69, 9.17) is 0 Å². The predicted octanol–water partition coefficient (Wildman–Crippen LogP) is 2.48. The third-order valence-electron chi connectivity index (χ3n) is 4.59. The molecule has 1 aliphatic heterocycles. The van der Waals surface area contributed by atoms with Gasteiger partial charge in [0.25, 0.3) is 0 Å². The number of nitrogens with one attached hydrogen (secondary N) is 2.